The summed E-state index contributed by atoms with van der Waals surface area (Å²) in [6.07, 6.45) is 2.26. The second-order valence-electron chi connectivity index (χ2n) is 2.87. The second kappa shape index (κ2) is 6.11. The van der Waals surface area contributed by atoms with Gasteiger partial charge in [0.25, 0.3) is 0 Å². The van der Waals surface area contributed by atoms with Gasteiger partial charge in [0.05, 0.1) is 6.54 Å². The molecule has 76 valence electrons. The number of Topliss-reactive ketones (excluding diaryl/α,β-unsaturated/α-hetero) is 1. The van der Waals surface area contributed by atoms with Crippen LogP contribution in [0.25, 0.3) is 0 Å². The third-order valence-corrected chi connectivity index (χ3v) is 3.30. The topological polar surface area (TPSA) is 29.1 Å². The molecule has 0 aliphatic carbocycles. The van der Waals surface area contributed by atoms with Gasteiger partial charge in [-0.2, -0.15) is 0 Å². The van der Waals surface area contributed by atoms with E-state index in [2.05, 4.69) is 27.8 Å². The van der Waals surface area contributed by atoms with Gasteiger partial charge in [0, 0.05) is 27.7 Å². The molecular formula is C10H12BrNOS. The Balaban J connectivity index is 2.30. The van der Waals surface area contributed by atoms with E-state index >= 15 is 0 Å². The fraction of sp³-hybridized carbons (Fsp3) is 0.300. The van der Waals surface area contributed by atoms with Crippen LogP contribution in [0, 0.1) is 0 Å². The average molecular weight is 274 g/mol. The number of thiophene rings is 1. The zero-order chi connectivity index (χ0) is 10.4. The predicted molar refractivity (Wildman–Crippen MR) is 63.8 cm³/mol. The van der Waals surface area contributed by atoms with Crippen molar-refractivity contribution in [1.82, 2.24) is 5.32 Å². The lowest BCUT2D eigenvalue weighted by Gasteiger charge is -1.99. The molecule has 0 saturated carbocycles. The Labute approximate surface area is 96.2 Å². The molecular weight excluding hydrogens is 262 g/mol. The third-order valence-electron chi connectivity index (χ3n) is 1.60. The Hall–Kier alpha value is -0.450. The highest BCUT2D eigenvalue weighted by Crippen LogP contribution is 2.20. The van der Waals surface area contributed by atoms with E-state index in [1.54, 1.807) is 17.4 Å². The van der Waals surface area contributed by atoms with Gasteiger partial charge in [0.2, 0.25) is 0 Å². The molecule has 0 fully saturated rings. The van der Waals surface area contributed by atoms with Gasteiger partial charge in [0.15, 0.2) is 5.78 Å². The quantitative estimate of drug-likeness (QED) is 0.637. The van der Waals surface area contributed by atoms with Crippen LogP contribution >= 0.6 is 27.3 Å². The van der Waals surface area contributed by atoms with E-state index in [9.17, 15) is 4.79 Å². The lowest BCUT2D eigenvalue weighted by atomic mass is 10.2. The van der Waals surface area contributed by atoms with E-state index in [1.165, 1.54) is 0 Å². The molecule has 0 aromatic carbocycles. The SMILES string of the molecule is C=CCNCC(=O)Cc1cc(Br)cs1. The minimum Gasteiger partial charge on any atom is -0.307 e. The van der Waals surface area contributed by atoms with Crippen LogP contribution in [0.5, 0.6) is 0 Å². The average Bonchev–Trinajstić information content (AvgIpc) is 2.52. The van der Waals surface area contributed by atoms with Gasteiger partial charge in [0.1, 0.15) is 0 Å². The first-order valence-corrected chi connectivity index (χ1v) is 5.96. The van der Waals surface area contributed by atoms with Crippen LogP contribution in [0.4, 0.5) is 0 Å². The number of hydrogen-bond acceptors (Lipinski definition) is 3. The van der Waals surface area contributed by atoms with Crippen LogP contribution in [0.1, 0.15) is 4.88 Å². The van der Waals surface area contributed by atoms with Gasteiger partial charge in [-0.15, -0.1) is 17.9 Å². The minimum atomic E-state index is 0.209. The summed E-state index contributed by atoms with van der Waals surface area (Å²) in [4.78, 5) is 12.5. The maximum absolute atomic E-state index is 11.4. The van der Waals surface area contributed by atoms with E-state index < -0.39 is 0 Å². The zero-order valence-corrected chi connectivity index (χ0v) is 10.2. The molecule has 0 unspecified atom stereocenters. The predicted octanol–water partition coefficient (Wildman–Crippen LogP) is 2.40. The van der Waals surface area contributed by atoms with E-state index in [-0.39, 0.29) is 5.78 Å². The summed E-state index contributed by atoms with van der Waals surface area (Å²) in [5, 5.41) is 4.97. The maximum Gasteiger partial charge on any atom is 0.151 e. The summed E-state index contributed by atoms with van der Waals surface area (Å²) < 4.78 is 1.05. The Morgan fingerprint density at radius 1 is 1.71 bits per heavy atom. The van der Waals surface area contributed by atoms with Crippen LogP contribution in [0.15, 0.2) is 28.6 Å². The molecule has 4 heteroatoms. The monoisotopic (exact) mass is 273 g/mol. The first-order chi connectivity index (χ1) is 6.72. The standard InChI is InChI=1S/C10H12BrNOS/c1-2-3-12-6-9(13)5-10-4-8(11)7-14-10/h2,4,7,12H,1,3,5-6H2. The highest BCUT2D eigenvalue weighted by Gasteiger charge is 2.04. The summed E-state index contributed by atoms with van der Waals surface area (Å²) in [5.74, 6) is 0.209. The molecule has 1 rings (SSSR count). The van der Waals surface area contributed by atoms with E-state index in [1.807, 2.05) is 11.4 Å². The summed E-state index contributed by atoms with van der Waals surface area (Å²) in [5.41, 5.74) is 0. The smallest absolute Gasteiger partial charge is 0.151 e. The number of hydrogen-bond donors (Lipinski definition) is 1. The lowest BCUT2D eigenvalue weighted by Crippen LogP contribution is -2.23. The van der Waals surface area contributed by atoms with Crippen molar-refractivity contribution >= 4 is 33.0 Å². The summed E-state index contributed by atoms with van der Waals surface area (Å²) in [6.45, 7) is 4.67. The van der Waals surface area contributed by atoms with Crippen molar-refractivity contribution in [2.45, 2.75) is 6.42 Å². The highest BCUT2D eigenvalue weighted by atomic mass is 79.9. The molecule has 1 heterocycles. The first-order valence-electron chi connectivity index (χ1n) is 4.28. The molecule has 0 aliphatic heterocycles. The number of carbonyl (C=O) groups is 1. The molecule has 1 aromatic rings. The van der Waals surface area contributed by atoms with E-state index in [0.717, 1.165) is 9.35 Å². The molecule has 0 bridgehead atoms. The number of ketones is 1. The van der Waals surface area contributed by atoms with Crippen LogP contribution in [0.2, 0.25) is 0 Å². The molecule has 0 atom stereocenters. The van der Waals surface area contributed by atoms with Crippen molar-refractivity contribution in [3.63, 3.8) is 0 Å². The van der Waals surface area contributed by atoms with Gasteiger partial charge < -0.3 is 5.32 Å². The lowest BCUT2D eigenvalue weighted by molar-refractivity contribution is -0.117. The van der Waals surface area contributed by atoms with Crippen molar-refractivity contribution in [2.75, 3.05) is 13.1 Å². The maximum atomic E-state index is 11.4. The summed E-state index contributed by atoms with van der Waals surface area (Å²) >= 11 is 4.96. The van der Waals surface area contributed by atoms with Crippen LogP contribution < -0.4 is 5.32 Å². The number of nitrogens with one attached hydrogen (secondary N) is 1. The Morgan fingerprint density at radius 2 is 2.50 bits per heavy atom. The van der Waals surface area contributed by atoms with Crippen LogP contribution in [0.3, 0.4) is 0 Å². The second-order valence-corrected chi connectivity index (χ2v) is 4.78. The molecule has 0 amide bonds. The largest absolute Gasteiger partial charge is 0.307 e. The third kappa shape index (κ3) is 4.17. The van der Waals surface area contributed by atoms with E-state index in [0.29, 0.717) is 19.5 Å². The highest BCUT2D eigenvalue weighted by molar-refractivity contribution is 9.10. The minimum absolute atomic E-state index is 0.209. The van der Waals surface area contributed by atoms with Crippen molar-refractivity contribution in [2.24, 2.45) is 0 Å². The number of halogens is 1. The fourth-order valence-electron chi connectivity index (χ4n) is 1.02. The number of carbonyl (C=O) groups excluding carboxylic acids is 1. The number of rotatable bonds is 6. The molecule has 1 N–H and O–H groups in total. The van der Waals surface area contributed by atoms with Gasteiger partial charge >= 0.3 is 0 Å². The molecule has 0 radical (unpaired) electrons. The van der Waals surface area contributed by atoms with Gasteiger partial charge in [-0.3, -0.25) is 4.79 Å². The van der Waals surface area contributed by atoms with Crippen molar-refractivity contribution < 1.29 is 4.79 Å². The van der Waals surface area contributed by atoms with Crippen molar-refractivity contribution in [3.8, 4) is 0 Å². The molecule has 14 heavy (non-hydrogen) atoms. The molecule has 0 saturated heterocycles. The van der Waals surface area contributed by atoms with Crippen molar-refractivity contribution in [3.05, 3.63) is 33.5 Å². The van der Waals surface area contributed by atoms with E-state index in [4.69, 9.17) is 0 Å². The summed E-state index contributed by atoms with van der Waals surface area (Å²) in [6, 6.07) is 1.98. The Kier molecular flexibility index (Phi) is 5.07. The van der Waals surface area contributed by atoms with Gasteiger partial charge in [-0.25, -0.2) is 0 Å². The van der Waals surface area contributed by atoms with Crippen molar-refractivity contribution in [1.29, 1.82) is 0 Å². The van der Waals surface area contributed by atoms with Crippen LogP contribution in [-0.4, -0.2) is 18.9 Å². The van der Waals surface area contributed by atoms with Crippen LogP contribution in [-0.2, 0) is 11.2 Å². The Morgan fingerprint density at radius 3 is 3.07 bits per heavy atom. The first kappa shape index (κ1) is 11.6. The molecule has 0 aliphatic rings. The molecule has 2 nitrogen and oxygen atoms in total. The Bertz CT molecular complexity index is 322. The van der Waals surface area contributed by atoms with Gasteiger partial charge in [-0.1, -0.05) is 6.08 Å². The normalized spacial score (nSPS) is 10.1. The molecule has 0 spiro atoms. The fourth-order valence-corrected chi connectivity index (χ4v) is 2.50. The molecule has 1 aromatic heterocycles. The van der Waals surface area contributed by atoms with Gasteiger partial charge in [-0.05, 0) is 22.0 Å². The summed E-state index contributed by atoms with van der Waals surface area (Å²) in [7, 11) is 0. The zero-order valence-electron chi connectivity index (χ0n) is 7.75.